The maximum absolute atomic E-state index is 13.2. The number of pyridine rings is 1. The molecule has 1 aromatic heterocycles. The van der Waals surface area contributed by atoms with Crippen LogP contribution in [0.1, 0.15) is 36.7 Å². The highest BCUT2D eigenvalue weighted by Crippen LogP contribution is 2.40. The van der Waals surface area contributed by atoms with Gasteiger partial charge in [0.15, 0.2) is 0 Å². The van der Waals surface area contributed by atoms with Crippen LogP contribution in [0.4, 0.5) is 0 Å². The van der Waals surface area contributed by atoms with Gasteiger partial charge in [-0.15, -0.1) is 0 Å². The standard InChI is InChI=1S/C27H26N2O5/c1-17(2)34-21-11-7-9-19(15-21)25(30)23-24(22-12-4-5-13-28-22)29(27(32)26(23)31)16-18-8-6-10-20(14-18)33-3/h4-15,17,24,30H,16H2,1-3H3/b25-23-. The van der Waals surface area contributed by atoms with Crippen molar-refractivity contribution in [1.29, 1.82) is 0 Å². The molecular formula is C27H26N2O5. The Morgan fingerprint density at radius 1 is 1.03 bits per heavy atom. The van der Waals surface area contributed by atoms with Crippen LogP contribution in [0.25, 0.3) is 5.76 Å². The Bertz CT molecular complexity index is 1240. The molecule has 1 unspecified atom stereocenters. The summed E-state index contributed by atoms with van der Waals surface area (Å²) >= 11 is 0. The lowest BCUT2D eigenvalue weighted by Gasteiger charge is -2.24. The lowest BCUT2D eigenvalue weighted by Crippen LogP contribution is -2.29. The summed E-state index contributed by atoms with van der Waals surface area (Å²) in [6.45, 7) is 3.95. The van der Waals surface area contributed by atoms with E-state index in [0.717, 1.165) is 5.56 Å². The summed E-state index contributed by atoms with van der Waals surface area (Å²) in [5.74, 6) is -0.526. The Morgan fingerprint density at radius 2 is 1.79 bits per heavy atom. The fourth-order valence-corrected chi connectivity index (χ4v) is 4.00. The van der Waals surface area contributed by atoms with Gasteiger partial charge in [0.05, 0.1) is 24.5 Å². The average molecular weight is 459 g/mol. The highest BCUT2D eigenvalue weighted by Gasteiger charge is 2.46. The van der Waals surface area contributed by atoms with Gasteiger partial charge >= 0.3 is 0 Å². The van der Waals surface area contributed by atoms with Crippen LogP contribution in [0.2, 0.25) is 0 Å². The van der Waals surface area contributed by atoms with Gasteiger partial charge in [0.1, 0.15) is 23.3 Å². The number of carbonyl (C=O) groups excluding carboxylic acids is 2. The van der Waals surface area contributed by atoms with Gasteiger partial charge in [0.25, 0.3) is 11.7 Å². The number of aliphatic hydroxyl groups is 1. The van der Waals surface area contributed by atoms with E-state index in [0.29, 0.717) is 22.8 Å². The van der Waals surface area contributed by atoms with E-state index in [4.69, 9.17) is 9.47 Å². The molecule has 4 rings (SSSR count). The maximum Gasteiger partial charge on any atom is 0.296 e. The van der Waals surface area contributed by atoms with Gasteiger partial charge < -0.3 is 19.5 Å². The number of Topliss-reactive ketones (excluding diaryl/α,β-unsaturated/α-hetero) is 1. The molecule has 1 atom stereocenters. The number of aliphatic hydroxyl groups excluding tert-OH is 1. The molecule has 0 bridgehead atoms. The Labute approximate surface area is 198 Å². The molecule has 1 aliphatic rings. The molecule has 174 valence electrons. The molecule has 0 spiro atoms. The molecule has 0 radical (unpaired) electrons. The van der Waals surface area contributed by atoms with E-state index in [9.17, 15) is 14.7 Å². The number of methoxy groups -OCH3 is 1. The number of carbonyl (C=O) groups is 2. The van der Waals surface area contributed by atoms with Crippen molar-refractivity contribution in [3.8, 4) is 11.5 Å². The zero-order valence-corrected chi connectivity index (χ0v) is 19.3. The fraction of sp³-hybridized carbons (Fsp3) is 0.222. The highest BCUT2D eigenvalue weighted by molar-refractivity contribution is 6.46. The quantitative estimate of drug-likeness (QED) is 0.319. The summed E-state index contributed by atoms with van der Waals surface area (Å²) in [6.07, 6.45) is 1.54. The van der Waals surface area contributed by atoms with Gasteiger partial charge in [-0.05, 0) is 55.8 Å². The molecule has 0 aliphatic carbocycles. The molecule has 7 nitrogen and oxygen atoms in total. The van der Waals surface area contributed by atoms with Gasteiger partial charge in [-0.2, -0.15) is 0 Å². The van der Waals surface area contributed by atoms with Crippen molar-refractivity contribution in [1.82, 2.24) is 9.88 Å². The Kier molecular flexibility index (Phi) is 6.63. The SMILES string of the molecule is COc1cccc(CN2C(=O)C(=O)/C(=C(\O)c3cccc(OC(C)C)c3)C2c2ccccn2)c1. The summed E-state index contributed by atoms with van der Waals surface area (Å²) in [5, 5.41) is 11.2. The van der Waals surface area contributed by atoms with Crippen LogP contribution >= 0.6 is 0 Å². The second-order valence-corrected chi connectivity index (χ2v) is 8.23. The molecule has 34 heavy (non-hydrogen) atoms. The van der Waals surface area contributed by atoms with Crippen molar-refractivity contribution in [3.63, 3.8) is 0 Å². The monoisotopic (exact) mass is 458 g/mol. The van der Waals surface area contributed by atoms with Crippen molar-refractivity contribution in [2.45, 2.75) is 32.5 Å². The van der Waals surface area contributed by atoms with Crippen molar-refractivity contribution in [2.24, 2.45) is 0 Å². The van der Waals surface area contributed by atoms with Crippen molar-refractivity contribution < 1.29 is 24.2 Å². The molecule has 1 fully saturated rings. The van der Waals surface area contributed by atoms with Gasteiger partial charge in [-0.1, -0.05) is 30.3 Å². The minimum Gasteiger partial charge on any atom is -0.507 e. The van der Waals surface area contributed by atoms with Crippen LogP contribution in [-0.2, 0) is 16.1 Å². The normalized spacial score (nSPS) is 17.3. The summed E-state index contributed by atoms with van der Waals surface area (Å²) in [6, 6.07) is 18.5. The number of ketones is 1. The number of likely N-dealkylation sites (tertiary alicyclic amines) is 1. The summed E-state index contributed by atoms with van der Waals surface area (Å²) in [7, 11) is 1.57. The Hall–Kier alpha value is -4.13. The van der Waals surface area contributed by atoms with E-state index in [1.54, 1.807) is 61.8 Å². The number of ether oxygens (including phenoxy) is 2. The van der Waals surface area contributed by atoms with Gasteiger partial charge in [0.2, 0.25) is 0 Å². The summed E-state index contributed by atoms with van der Waals surface area (Å²) in [5.41, 5.74) is 1.65. The molecule has 1 N–H and O–H groups in total. The van der Waals surface area contributed by atoms with Crippen LogP contribution < -0.4 is 9.47 Å². The molecule has 2 aromatic carbocycles. The average Bonchev–Trinajstić information content (AvgIpc) is 3.09. The Morgan fingerprint density at radius 3 is 2.50 bits per heavy atom. The van der Waals surface area contributed by atoms with Crippen LogP contribution in [-0.4, -0.2) is 39.9 Å². The number of rotatable bonds is 7. The predicted octanol–water partition coefficient (Wildman–Crippen LogP) is 4.50. The smallest absolute Gasteiger partial charge is 0.296 e. The zero-order chi connectivity index (χ0) is 24.2. The second kappa shape index (κ2) is 9.79. The third kappa shape index (κ3) is 4.64. The van der Waals surface area contributed by atoms with Gasteiger partial charge in [-0.3, -0.25) is 14.6 Å². The zero-order valence-electron chi connectivity index (χ0n) is 19.3. The highest BCUT2D eigenvalue weighted by atomic mass is 16.5. The number of hydrogen-bond acceptors (Lipinski definition) is 6. The largest absolute Gasteiger partial charge is 0.507 e. The van der Waals surface area contributed by atoms with E-state index < -0.39 is 17.7 Å². The first-order chi connectivity index (χ1) is 16.4. The number of nitrogens with zero attached hydrogens (tertiary/aromatic N) is 2. The molecule has 1 aliphatic heterocycles. The molecule has 0 saturated carbocycles. The van der Waals surface area contributed by atoms with E-state index in [2.05, 4.69) is 4.98 Å². The van der Waals surface area contributed by atoms with Gasteiger partial charge in [-0.25, -0.2) is 0 Å². The van der Waals surface area contributed by atoms with Crippen molar-refractivity contribution in [2.75, 3.05) is 7.11 Å². The summed E-state index contributed by atoms with van der Waals surface area (Å²) < 4.78 is 11.0. The molecule has 7 heteroatoms. The first kappa shape index (κ1) is 23.0. The molecular weight excluding hydrogens is 432 g/mol. The van der Waals surface area contributed by atoms with Crippen molar-refractivity contribution >= 4 is 17.4 Å². The van der Waals surface area contributed by atoms with Crippen molar-refractivity contribution in [3.05, 3.63) is 95.3 Å². The number of hydrogen-bond donors (Lipinski definition) is 1. The summed E-state index contributed by atoms with van der Waals surface area (Å²) in [4.78, 5) is 32.2. The molecule has 2 heterocycles. The minimum absolute atomic E-state index is 0.00621. The maximum atomic E-state index is 13.2. The van der Waals surface area contributed by atoms with Crippen LogP contribution in [0, 0.1) is 0 Å². The number of aromatic nitrogens is 1. The molecule has 1 saturated heterocycles. The predicted molar refractivity (Wildman–Crippen MR) is 127 cm³/mol. The van der Waals surface area contributed by atoms with Crippen LogP contribution in [0.15, 0.2) is 78.5 Å². The Balaban J connectivity index is 1.81. The minimum atomic E-state index is -0.845. The van der Waals surface area contributed by atoms with E-state index in [1.807, 2.05) is 32.0 Å². The molecule has 1 amide bonds. The van der Waals surface area contributed by atoms with Crippen LogP contribution in [0.3, 0.4) is 0 Å². The fourth-order valence-electron chi connectivity index (χ4n) is 4.00. The first-order valence-corrected chi connectivity index (χ1v) is 11.0. The number of benzene rings is 2. The molecule has 3 aromatic rings. The van der Waals surface area contributed by atoms with E-state index >= 15 is 0 Å². The third-order valence-electron chi connectivity index (χ3n) is 5.47. The third-order valence-corrected chi connectivity index (χ3v) is 5.47. The van der Waals surface area contributed by atoms with Crippen LogP contribution in [0.5, 0.6) is 11.5 Å². The lowest BCUT2D eigenvalue weighted by atomic mass is 9.98. The number of amides is 1. The van der Waals surface area contributed by atoms with E-state index in [1.165, 1.54) is 4.90 Å². The van der Waals surface area contributed by atoms with Gasteiger partial charge in [0, 0.05) is 18.3 Å². The topological polar surface area (TPSA) is 89.0 Å². The first-order valence-electron chi connectivity index (χ1n) is 11.0. The second-order valence-electron chi connectivity index (χ2n) is 8.23. The lowest BCUT2D eigenvalue weighted by molar-refractivity contribution is -0.140. The van der Waals surface area contributed by atoms with E-state index in [-0.39, 0.29) is 24.0 Å².